The molecule has 0 heterocycles. The molecular weight excluding hydrogens is 314 g/mol. The summed E-state index contributed by atoms with van der Waals surface area (Å²) in [4.78, 5) is 0. The molecule has 0 aliphatic carbocycles. The first-order valence-electron chi connectivity index (χ1n) is 9.71. The van der Waals surface area contributed by atoms with E-state index in [2.05, 4.69) is 103 Å². The zero-order chi connectivity index (χ0) is 18.3. The van der Waals surface area contributed by atoms with Crippen LogP contribution in [0.3, 0.4) is 0 Å². The normalized spacial score (nSPS) is 10.0. The van der Waals surface area contributed by atoms with Crippen LogP contribution in [0.2, 0.25) is 0 Å². The first kappa shape index (κ1) is 19.9. The molecule has 1 nitrogen and oxygen atoms in total. The highest BCUT2D eigenvalue weighted by Crippen LogP contribution is 2.02. The minimum absolute atomic E-state index is 0.968. The fraction of sp³-hybridized carbons (Fsp3) is 0.280. The lowest BCUT2D eigenvalue weighted by molar-refractivity contribution is 0.649. The summed E-state index contributed by atoms with van der Waals surface area (Å²) in [5.41, 5.74) is 4.22. The van der Waals surface area contributed by atoms with E-state index >= 15 is 0 Å². The molecule has 0 aliphatic rings. The van der Waals surface area contributed by atoms with Crippen LogP contribution in [0.25, 0.3) is 0 Å². The topological polar surface area (TPSA) is 12.0 Å². The quantitative estimate of drug-likeness (QED) is 0.490. The van der Waals surface area contributed by atoms with Crippen LogP contribution in [0, 0.1) is 0 Å². The lowest BCUT2D eigenvalue weighted by Gasteiger charge is -2.05. The molecule has 3 aromatic carbocycles. The summed E-state index contributed by atoms with van der Waals surface area (Å²) >= 11 is 0. The number of nitrogens with one attached hydrogen (secondary N) is 1. The second-order valence-corrected chi connectivity index (χ2v) is 6.49. The standard InChI is InChI=1S/C16H19N.C9H12/c1-3-8-15(9-4-1)12-7-13-17-14-16-10-5-2-6-11-16;1-2-6-9-7-4-3-5-8-9/h1-6,8-11,17H,7,12-14H2;3-5,7-8H,2,6H2,1H3. The van der Waals surface area contributed by atoms with Gasteiger partial charge in [0.1, 0.15) is 0 Å². The van der Waals surface area contributed by atoms with E-state index in [-0.39, 0.29) is 0 Å². The van der Waals surface area contributed by atoms with Gasteiger partial charge in [-0.1, -0.05) is 104 Å². The predicted molar refractivity (Wildman–Crippen MR) is 113 cm³/mol. The Bertz CT molecular complexity index is 636. The Morgan fingerprint density at radius 1 is 0.577 bits per heavy atom. The van der Waals surface area contributed by atoms with Crippen LogP contribution in [0.1, 0.15) is 36.5 Å². The van der Waals surface area contributed by atoms with Gasteiger partial charge in [-0.15, -0.1) is 0 Å². The molecule has 0 unspecified atom stereocenters. The van der Waals surface area contributed by atoms with Crippen molar-refractivity contribution < 1.29 is 0 Å². The van der Waals surface area contributed by atoms with Crippen molar-refractivity contribution in [3.05, 3.63) is 108 Å². The van der Waals surface area contributed by atoms with Gasteiger partial charge in [0.15, 0.2) is 0 Å². The third-order valence-corrected chi connectivity index (χ3v) is 4.22. The summed E-state index contributed by atoms with van der Waals surface area (Å²) in [5, 5.41) is 3.47. The van der Waals surface area contributed by atoms with Gasteiger partial charge in [-0.2, -0.15) is 0 Å². The maximum Gasteiger partial charge on any atom is 0.0205 e. The van der Waals surface area contributed by atoms with Gasteiger partial charge in [0.05, 0.1) is 0 Å². The zero-order valence-electron chi connectivity index (χ0n) is 15.9. The Hall–Kier alpha value is -2.38. The highest BCUT2D eigenvalue weighted by atomic mass is 14.8. The number of hydrogen-bond acceptors (Lipinski definition) is 1. The molecule has 0 saturated heterocycles. The van der Waals surface area contributed by atoms with E-state index in [1.807, 2.05) is 0 Å². The molecule has 0 fully saturated rings. The number of benzene rings is 3. The van der Waals surface area contributed by atoms with Gasteiger partial charge in [0.2, 0.25) is 0 Å². The van der Waals surface area contributed by atoms with Gasteiger partial charge in [0.25, 0.3) is 0 Å². The van der Waals surface area contributed by atoms with E-state index in [1.54, 1.807) is 0 Å². The summed E-state index contributed by atoms with van der Waals surface area (Å²) in [7, 11) is 0. The summed E-state index contributed by atoms with van der Waals surface area (Å²) in [6, 6.07) is 31.8. The Labute approximate surface area is 159 Å². The third-order valence-electron chi connectivity index (χ3n) is 4.22. The highest BCUT2D eigenvalue weighted by molar-refractivity contribution is 5.16. The monoisotopic (exact) mass is 345 g/mol. The van der Waals surface area contributed by atoms with Crippen LogP contribution in [0.5, 0.6) is 0 Å². The molecule has 0 bridgehead atoms. The first-order valence-corrected chi connectivity index (χ1v) is 9.71. The van der Waals surface area contributed by atoms with Crippen molar-refractivity contribution in [1.82, 2.24) is 5.32 Å². The van der Waals surface area contributed by atoms with Gasteiger partial charge in [-0.05, 0) is 42.5 Å². The van der Waals surface area contributed by atoms with Crippen molar-refractivity contribution >= 4 is 0 Å². The van der Waals surface area contributed by atoms with E-state index in [4.69, 9.17) is 0 Å². The SMILES string of the molecule is CCCc1ccccc1.c1ccc(CCCNCc2ccccc2)cc1. The summed E-state index contributed by atoms with van der Waals surface area (Å²) in [5.74, 6) is 0. The van der Waals surface area contributed by atoms with Crippen LogP contribution in [-0.4, -0.2) is 6.54 Å². The number of hydrogen-bond donors (Lipinski definition) is 1. The smallest absolute Gasteiger partial charge is 0.0205 e. The Morgan fingerprint density at radius 2 is 1.04 bits per heavy atom. The lowest BCUT2D eigenvalue weighted by atomic mass is 10.1. The molecule has 3 rings (SSSR count). The largest absolute Gasteiger partial charge is 0.313 e. The molecule has 0 radical (unpaired) electrons. The molecular formula is C25H31N. The van der Waals surface area contributed by atoms with Crippen LogP contribution < -0.4 is 5.32 Å². The second-order valence-electron chi connectivity index (χ2n) is 6.49. The predicted octanol–water partition coefficient (Wildman–Crippen LogP) is 6.05. The minimum Gasteiger partial charge on any atom is -0.313 e. The molecule has 1 N–H and O–H groups in total. The Balaban J connectivity index is 0.000000228. The lowest BCUT2D eigenvalue weighted by Crippen LogP contribution is -2.15. The van der Waals surface area contributed by atoms with Gasteiger partial charge in [-0.3, -0.25) is 0 Å². The molecule has 3 aromatic rings. The highest BCUT2D eigenvalue weighted by Gasteiger charge is 1.93. The third kappa shape index (κ3) is 8.64. The van der Waals surface area contributed by atoms with E-state index in [0.29, 0.717) is 0 Å². The van der Waals surface area contributed by atoms with Crippen LogP contribution in [0.15, 0.2) is 91.0 Å². The Kier molecular flexibility index (Phi) is 9.90. The fourth-order valence-electron chi connectivity index (χ4n) is 2.82. The van der Waals surface area contributed by atoms with Crippen LogP contribution >= 0.6 is 0 Å². The molecule has 1 heteroatoms. The average molecular weight is 346 g/mol. The summed E-state index contributed by atoms with van der Waals surface area (Å²) < 4.78 is 0. The van der Waals surface area contributed by atoms with E-state index < -0.39 is 0 Å². The molecule has 0 aromatic heterocycles. The maximum atomic E-state index is 3.47. The van der Waals surface area contributed by atoms with Crippen molar-refractivity contribution in [1.29, 1.82) is 0 Å². The van der Waals surface area contributed by atoms with Gasteiger partial charge in [-0.25, -0.2) is 0 Å². The van der Waals surface area contributed by atoms with Crippen molar-refractivity contribution in [2.75, 3.05) is 6.54 Å². The van der Waals surface area contributed by atoms with Gasteiger partial charge < -0.3 is 5.32 Å². The molecule has 0 amide bonds. The van der Waals surface area contributed by atoms with Crippen molar-refractivity contribution in [3.63, 3.8) is 0 Å². The van der Waals surface area contributed by atoms with Crippen molar-refractivity contribution in [2.45, 2.75) is 39.2 Å². The first-order chi connectivity index (χ1) is 12.9. The van der Waals surface area contributed by atoms with E-state index in [0.717, 1.165) is 19.5 Å². The van der Waals surface area contributed by atoms with Gasteiger partial charge in [0, 0.05) is 6.54 Å². The molecule has 136 valence electrons. The summed E-state index contributed by atoms with van der Waals surface area (Å²) in [6.45, 7) is 4.24. The van der Waals surface area contributed by atoms with Crippen molar-refractivity contribution in [2.24, 2.45) is 0 Å². The van der Waals surface area contributed by atoms with Crippen molar-refractivity contribution in [3.8, 4) is 0 Å². The molecule has 0 aliphatic heterocycles. The maximum absolute atomic E-state index is 3.47. The molecule has 0 atom stereocenters. The molecule has 0 saturated carbocycles. The summed E-state index contributed by atoms with van der Waals surface area (Å²) in [6.07, 6.45) is 4.80. The van der Waals surface area contributed by atoms with Crippen LogP contribution in [-0.2, 0) is 19.4 Å². The number of rotatable bonds is 8. The molecule has 26 heavy (non-hydrogen) atoms. The van der Waals surface area contributed by atoms with Gasteiger partial charge >= 0.3 is 0 Å². The Morgan fingerprint density at radius 3 is 1.54 bits per heavy atom. The number of aryl methyl sites for hydroxylation is 2. The van der Waals surface area contributed by atoms with E-state index in [1.165, 1.54) is 36.0 Å². The van der Waals surface area contributed by atoms with E-state index in [9.17, 15) is 0 Å². The zero-order valence-corrected chi connectivity index (χ0v) is 15.9. The van der Waals surface area contributed by atoms with Crippen LogP contribution in [0.4, 0.5) is 0 Å². The molecule has 0 spiro atoms. The fourth-order valence-corrected chi connectivity index (χ4v) is 2.82. The average Bonchev–Trinajstić information content (AvgIpc) is 2.71. The second kappa shape index (κ2) is 12.9. The minimum atomic E-state index is 0.968.